The Bertz CT molecular complexity index is 632. The van der Waals surface area contributed by atoms with Gasteiger partial charge in [0.25, 0.3) is 0 Å². The fraction of sp³-hybridized carbons (Fsp3) is 0.647. The zero-order valence-corrected chi connectivity index (χ0v) is 14.7. The predicted molar refractivity (Wildman–Crippen MR) is 85.3 cm³/mol. The van der Waals surface area contributed by atoms with E-state index in [0.29, 0.717) is 11.5 Å². The van der Waals surface area contributed by atoms with E-state index in [0.717, 1.165) is 17.5 Å². The molecule has 118 valence electrons. The van der Waals surface area contributed by atoms with Crippen LogP contribution in [0.2, 0.25) is 0 Å². The fourth-order valence-electron chi connectivity index (χ4n) is 3.20. The Morgan fingerprint density at radius 2 is 1.76 bits per heavy atom. The normalized spacial score (nSPS) is 19.6. The summed E-state index contributed by atoms with van der Waals surface area (Å²) in [5.74, 6) is 0. The number of hydrogen-bond acceptors (Lipinski definition) is 3. The van der Waals surface area contributed by atoms with Crippen LogP contribution < -0.4 is 0 Å². The molecule has 0 saturated carbocycles. The topological polar surface area (TPSA) is 46.7 Å². The minimum absolute atomic E-state index is 0.0468. The van der Waals surface area contributed by atoms with Crippen LogP contribution in [0.1, 0.15) is 58.3 Å². The largest absolute Gasteiger partial charge is 0.368 e. The van der Waals surface area contributed by atoms with Gasteiger partial charge in [-0.15, -0.1) is 0 Å². The molecule has 1 aromatic rings. The molecule has 4 heteroatoms. The molecule has 21 heavy (non-hydrogen) atoms. The molecule has 0 N–H and O–H groups in total. The first-order valence-electron chi connectivity index (χ1n) is 7.36. The minimum atomic E-state index is -3.24. The van der Waals surface area contributed by atoms with Crippen molar-refractivity contribution < 1.29 is 13.2 Å². The molecule has 0 bridgehead atoms. The van der Waals surface area contributed by atoms with Gasteiger partial charge >= 0.3 is 0 Å². The lowest BCUT2D eigenvalue weighted by Crippen LogP contribution is -2.25. The van der Waals surface area contributed by atoms with E-state index in [1.807, 2.05) is 12.1 Å². The summed E-state index contributed by atoms with van der Waals surface area (Å²) in [4.78, 5) is 0.421. The Morgan fingerprint density at radius 3 is 2.19 bits per heavy atom. The number of rotatable bonds is 4. The second-order valence-corrected chi connectivity index (χ2v) is 9.95. The van der Waals surface area contributed by atoms with Crippen molar-refractivity contribution in [2.45, 2.75) is 57.5 Å². The van der Waals surface area contributed by atoms with E-state index in [-0.39, 0.29) is 16.9 Å². The first kappa shape index (κ1) is 16.5. The molecule has 3 nitrogen and oxygen atoms in total. The third-order valence-electron chi connectivity index (χ3n) is 3.85. The molecule has 1 aliphatic rings. The summed E-state index contributed by atoms with van der Waals surface area (Å²) in [5.41, 5.74) is 1.99. The molecule has 1 unspecified atom stereocenters. The summed E-state index contributed by atoms with van der Waals surface area (Å²) < 4.78 is 29.5. The van der Waals surface area contributed by atoms with Crippen molar-refractivity contribution in [1.29, 1.82) is 0 Å². The third kappa shape index (κ3) is 4.07. The second-order valence-electron chi connectivity index (χ2n) is 7.97. The molecule has 0 amide bonds. The van der Waals surface area contributed by atoms with Crippen molar-refractivity contribution in [3.63, 3.8) is 0 Å². The highest BCUT2D eigenvalue weighted by atomic mass is 32.2. The standard InChI is InChI=1S/C17H26O3S/c1-16(2,3)11-17(4,5)12-7-8-13(14-10-20-14)15(9-12)21(6,18)19/h7-9,14H,10-11H2,1-6H3. The maximum absolute atomic E-state index is 12.1. The Kier molecular flexibility index (Phi) is 4.00. The van der Waals surface area contributed by atoms with Gasteiger partial charge in [0.15, 0.2) is 9.84 Å². The number of sulfone groups is 1. The molecule has 1 saturated heterocycles. The van der Waals surface area contributed by atoms with Crippen LogP contribution in [-0.2, 0) is 20.0 Å². The Balaban J connectivity index is 2.47. The Labute approximate surface area is 128 Å². The van der Waals surface area contributed by atoms with Gasteiger partial charge in [-0.2, -0.15) is 0 Å². The summed E-state index contributed by atoms with van der Waals surface area (Å²) in [7, 11) is -3.24. The van der Waals surface area contributed by atoms with E-state index in [2.05, 4.69) is 40.7 Å². The molecular weight excluding hydrogens is 284 g/mol. The van der Waals surface area contributed by atoms with Gasteiger partial charge in [-0.3, -0.25) is 0 Å². The van der Waals surface area contributed by atoms with Gasteiger partial charge in [-0.25, -0.2) is 8.42 Å². The highest BCUT2D eigenvalue weighted by Crippen LogP contribution is 2.40. The van der Waals surface area contributed by atoms with Gasteiger partial charge in [-0.1, -0.05) is 46.8 Å². The van der Waals surface area contributed by atoms with Crippen molar-refractivity contribution in [1.82, 2.24) is 0 Å². The van der Waals surface area contributed by atoms with Crippen LogP contribution in [0.4, 0.5) is 0 Å². The van der Waals surface area contributed by atoms with E-state index in [9.17, 15) is 8.42 Å². The average Bonchev–Trinajstić information content (AvgIpc) is 3.07. The molecular formula is C17H26O3S. The zero-order valence-electron chi connectivity index (χ0n) is 13.9. The number of benzene rings is 1. The average molecular weight is 310 g/mol. The van der Waals surface area contributed by atoms with Crippen molar-refractivity contribution in [3.8, 4) is 0 Å². The summed E-state index contributed by atoms with van der Waals surface area (Å²) in [6.07, 6.45) is 2.21. The molecule has 1 fully saturated rings. The van der Waals surface area contributed by atoms with Crippen LogP contribution in [0.15, 0.2) is 23.1 Å². The lowest BCUT2D eigenvalue weighted by atomic mass is 9.72. The molecule has 0 aliphatic carbocycles. The number of hydrogen-bond donors (Lipinski definition) is 0. The Morgan fingerprint density at radius 1 is 1.19 bits per heavy atom. The van der Waals surface area contributed by atoms with E-state index in [1.54, 1.807) is 0 Å². The molecule has 2 rings (SSSR count). The van der Waals surface area contributed by atoms with Crippen LogP contribution in [0.3, 0.4) is 0 Å². The maximum atomic E-state index is 12.1. The van der Waals surface area contributed by atoms with Crippen LogP contribution in [-0.4, -0.2) is 21.3 Å². The molecule has 1 aliphatic heterocycles. The van der Waals surface area contributed by atoms with Crippen LogP contribution in [0.5, 0.6) is 0 Å². The van der Waals surface area contributed by atoms with Gasteiger partial charge in [0.05, 0.1) is 11.5 Å². The van der Waals surface area contributed by atoms with Gasteiger partial charge < -0.3 is 4.74 Å². The van der Waals surface area contributed by atoms with Crippen LogP contribution in [0.25, 0.3) is 0 Å². The van der Waals surface area contributed by atoms with E-state index in [4.69, 9.17) is 4.74 Å². The maximum Gasteiger partial charge on any atom is 0.175 e. The van der Waals surface area contributed by atoms with Crippen LogP contribution in [0, 0.1) is 5.41 Å². The molecule has 0 radical (unpaired) electrons. The molecule has 1 heterocycles. The zero-order chi connectivity index (χ0) is 16.1. The van der Waals surface area contributed by atoms with E-state index in [1.165, 1.54) is 6.26 Å². The molecule has 1 atom stereocenters. The van der Waals surface area contributed by atoms with Gasteiger partial charge in [0, 0.05) is 11.8 Å². The molecule has 0 spiro atoms. The smallest absolute Gasteiger partial charge is 0.175 e. The highest BCUT2D eigenvalue weighted by Gasteiger charge is 2.33. The van der Waals surface area contributed by atoms with Crippen LogP contribution >= 0.6 is 0 Å². The summed E-state index contributed by atoms with van der Waals surface area (Å²) >= 11 is 0. The van der Waals surface area contributed by atoms with E-state index >= 15 is 0 Å². The first-order valence-corrected chi connectivity index (χ1v) is 9.25. The van der Waals surface area contributed by atoms with Crippen molar-refractivity contribution in [2.75, 3.05) is 12.9 Å². The fourth-order valence-corrected chi connectivity index (χ4v) is 4.17. The van der Waals surface area contributed by atoms with Crippen molar-refractivity contribution in [2.24, 2.45) is 5.41 Å². The third-order valence-corrected chi connectivity index (χ3v) is 5.00. The molecule has 0 aromatic heterocycles. The van der Waals surface area contributed by atoms with Gasteiger partial charge in [0.1, 0.15) is 6.10 Å². The van der Waals surface area contributed by atoms with Crippen molar-refractivity contribution >= 4 is 9.84 Å². The van der Waals surface area contributed by atoms with Gasteiger partial charge in [-0.05, 0) is 28.9 Å². The van der Waals surface area contributed by atoms with E-state index < -0.39 is 9.84 Å². The number of epoxide rings is 1. The van der Waals surface area contributed by atoms with Crippen molar-refractivity contribution in [3.05, 3.63) is 29.3 Å². The SMILES string of the molecule is CC(C)(C)CC(C)(C)c1ccc(C2CO2)c(S(C)(=O)=O)c1. The van der Waals surface area contributed by atoms with Gasteiger partial charge in [0.2, 0.25) is 0 Å². The number of ether oxygens (including phenoxy) is 1. The summed E-state index contributed by atoms with van der Waals surface area (Å²) in [6.45, 7) is 11.6. The monoisotopic (exact) mass is 310 g/mol. The Hall–Kier alpha value is -0.870. The molecule has 1 aromatic carbocycles. The summed E-state index contributed by atoms with van der Waals surface area (Å²) in [6, 6.07) is 5.82. The summed E-state index contributed by atoms with van der Waals surface area (Å²) in [5, 5.41) is 0. The predicted octanol–water partition coefficient (Wildman–Crippen LogP) is 3.88. The quantitative estimate of drug-likeness (QED) is 0.793. The minimum Gasteiger partial charge on any atom is -0.368 e. The second kappa shape index (κ2) is 5.10. The lowest BCUT2D eigenvalue weighted by Gasteiger charge is -2.33. The lowest BCUT2D eigenvalue weighted by molar-refractivity contribution is 0.283. The highest BCUT2D eigenvalue weighted by molar-refractivity contribution is 7.90. The first-order chi connectivity index (χ1) is 9.40.